The maximum Gasteiger partial charge on any atom is 0.278 e. The van der Waals surface area contributed by atoms with Gasteiger partial charge in [0.05, 0.1) is 10.6 Å². The summed E-state index contributed by atoms with van der Waals surface area (Å²) in [5.74, 6) is -2.79. The Labute approximate surface area is 225 Å². The third kappa shape index (κ3) is 3.93. The minimum Gasteiger partial charge on any atom is -0.502 e. The molecule has 1 unspecified atom stereocenters. The number of pyridine rings is 1. The molecule has 8 nitrogen and oxygen atoms in total. The van der Waals surface area contributed by atoms with Crippen LogP contribution in [0.5, 0.6) is 5.75 Å². The molecule has 2 aromatic heterocycles. The van der Waals surface area contributed by atoms with Gasteiger partial charge in [-0.05, 0) is 49.3 Å². The Morgan fingerprint density at radius 2 is 2.00 bits per heavy atom. The van der Waals surface area contributed by atoms with Gasteiger partial charge >= 0.3 is 0 Å². The molecule has 0 fully saturated rings. The van der Waals surface area contributed by atoms with Crippen molar-refractivity contribution in [2.75, 3.05) is 18.6 Å². The molecule has 0 radical (unpaired) electrons. The molecule has 1 atom stereocenters. The van der Waals surface area contributed by atoms with E-state index < -0.39 is 34.4 Å². The van der Waals surface area contributed by atoms with E-state index in [9.17, 15) is 23.5 Å². The van der Waals surface area contributed by atoms with Crippen molar-refractivity contribution in [3.05, 3.63) is 85.0 Å². The summed E-state index contributed by atoms with van der Waals surface area (Å²) in [7, 11) is 1.79. The lowest BCUT2D eigenvalue weighted by Gasteiger charge is -2.55. The fourth-order valence-corrected chi connectivity index (χ4v) is 7.15. The standard InChI is InChI=1S/C26H25F2N5O3S2/c1-3-32-25(36)21-23(35)22(34)16(24(30)38-20(29)11-14-6-7-15(27)12-18(14)28)13-33(21)31(2)26(32)9-4-5-19-17(26)8-10-37-19/h6-8,10,12-13,29-30,35H,3-5,9,11H2,1-2H3. The van der Waals surface area contributed by atoms with Gasteiger partial charge in [0, 0.05) is 42.7 Å². The van der Waals surface area contributed by atoms with Crippen LogP contribution in [0.2, 0.25) is 0 Å². The van der Waals surface area contributed by atoms with E-state index in [0.29, 0.717) is 24.7 Å². The lowest BCUT2D eigenvalue weighted by molar-refractivity contribution is 0.0216. The molecule has 12 heteroatoms. The number of fused-ring (bicyclic) bond motifs is 3. The molecule has 1 aliphatic carbocycles. The Morgan fingerprint density at radius 3 is 2.71 bits per heavy atom. The number of nitrogens with zero attached hydrogens (tertiary/aromatic N) is 3. The number of nitrogens with one attached hydrogen (secondary N) is 2. The SMILES string of the molecule is CCN1C(=O)c2c(O)c(=O)c(C(=N)SC(=N)Cc3ccc(F)cc3F)cn2N(C)C12CCCc1sccc12. The van der Waals surface area contributed by atoms with E-state index in [0.717, 1.165) is 30.5 Å². The minimum atomic E-state index is -0.900. The maximum atomic E-state index is 14.0. The molecule has 1 amide bonds. The van der Waals surface area contributed by atoms with E-state index in [-0.39, 0.29) is 33.3 Å². The topological polar surface area (TPSA) is 113 Å². The Bertz CT molecular complexity index is 1550. The number of rotatable bonds is 4. The van der Waals surface area contributed by atoms with Crippen molar-refractivity contribution >= 4 is 39.1 Å². The number of halogens is 2. The normalized spacial score (nSPS) is 18.5. The van der Waals surface area contributed by atoms with Gasteiger partial charge in [0.15, 0.2) is 17.1 Å². The Kier molecular flexibility index (Phi) is 6.64. The van der Waals surface area contributed by atoms with Gasteiger partial charge in [0.25, 0.3) is 5.91 Å². The highest BCUT2D eigenvalue weighted by Gasteiger charge is 2.52. The summed E-state index contributed by atoms with van der Waals surface area (Å²) < 4.78 is 28.7. The number of aromatic nitrogens is 1. The maximum absolute atomic E-state index is 14.0. The first kappa shape index (κ1) is 26.1. The summed E-state index contributed by atoms with van der Waals surface area (Å²) in [5.41, 5.74) is -1.02. The number of hydrogen-bond donors (Lipinski definition) is 3. The van der Waals surface area contributed by atoms with Gasteiger partial charge in [-0.25, -0.2) is 8.78 Å². The van der Waals surface area contributed by atoms with Crippen LogP contribution in [-0.2, 0) is 18.5 Å². The van der Waals surface area contributed by atoms with E-state index in [1.54, 1.807) is 23.3 Å². The third-order valence-electron chi connectivity index (χ3n) is 7.18. The Balaban J connectivity index is 1.53. The Hall–Kier alpha value is -3.51. The zero-order valence-corrected chi connectivity index (χ0v) is 22.3. The number of hydrogen-bond acceptors (Lipinski definition) is 8. The van der Waals surface area contributed by atoms with Crippen molar-refractivity contribution in [3.8, 4) is 5.75 Å². The molecule has 1 aromatic carbocycles. The molecule has 3 N–H and O–H groups in total. The molecule has 1 spiro atoms. The molecule has 0 saturated heterocycles. The fraction of sp³-hybridized carbons (Fsp3) is 0.308. The molecular formula is C26H25F2N5O3S2. The largest absolute Gasteiger partial charge is 0.502 e. The molecule has 3 aromatic rings. The molecule has 0 saturated carbocycles. The van der Waals surface area contributed by atoms with Crippen LogP contribution >= 0.6 is 23.1 Å². The number of aryl methyl sites for hydroxylation is 1. The third-order valence-corrected chi connectivity index (χ3v) is 8.97. The second kappa shape index (κ2) is 9.66. The van der Waals surface area contributed by atoms with Crippen molar-refractivity contribution < 1.29 is 18.7 Å². The van der Waals surface area contributed by atoms with Gasteiger partial charge in [-0.1, -0.05) is 17.8 Å². The van der Waals surface area contributed by atoms with Gasteiger partial charge in [0.2, 0.25) is 5.43 Å². The van der Waals surface area contributed by atoms with Crippen LogP contribution in [0.15, 0.2) is 40.6 Å². The highest BCUT2D eigenvalue weighted by molar-refractivity contribution is 8.26. The van der Waals surface area contributed by atoms with E-state index in [1.165, 1.54) is 21.8 Å². The zero-order chi connectivity index (χ0) is 27.4. The quantitative estimate of drug-likeness (QED) is 0.325. The highest BCUT2D eigenvalue weighted by atomic mass is 32.2. The molecule has 2 aliphatic rings. The zero-order valence-electron chi connectivity index (χ0n) is 20.7. The molecule has 198 valence electrons. The Morgan fingerprint density at radius 1 is 1.24 bits per heavy atom. The molecule has 1 aliphatic heterocycles. The lowest BCUT2D eigenvalue weighted by atomic mass is 9.84. The lowest BCUT2D eigenvalue weighted by Crippen LogP contribution is -2.67. The average molecular weight is 558 g/mol. The molecule has 5 rings (SSSR count). The molecule has 3 heterocycles. The number of aromatic hydroxyl groups is 1. The number of thioether (sulfide) groups is 1. The first-order chi connectivity index (χ1) is 18.1. The first-order valence-corrected chi connectivity index (χ1v) is 13.7. The van der Waals surface area contributed by atoms with Crippen molar-refractivity contribution in [2.24, 2.45) is 0 Å². The molecule has 0 bridgehead atoms. The van der Waals surface area contributed by atoms with Crippen LogP contribution in [0.1, 0.15) is 51.8 Å². The van der Waals surface area contributed by atoms with Gasteiger partial charge in [-0.3, -0.25) is 30.1 Å². The number of amides is 1. The van der Waals surface area contributed by atoms with Crippen molar-refractivity contribution in [3.63, 3.8) is 0 Å². The van der Waals surface area contributed by atoms with Crippen molar-refractivity contribution in [1.82, 2.24) is 9.58 Å². The monoisotopic (exact) mass is 557 g/mol. The van der Waals surface area contributed by atoms with Crippen molar-refractivity contribution in [1.29, 1.82) is 10.8 Å². The number of benzene rings is 1. The fourth-order valence-electron chi connectivity index (χ4n) is 5.43. The van der Waals surface area contributed by atoms with Crippen LogP contribution in [0, 0.1) is 22.5 Å². The summed E-state index contributed by atoms with van der Waals surface area (Å²) in [6.07, 6.45) is 3.55. The summed E-state index contributed by atoms with van der Waals surface area (Å²) in [5, 5.41) is 31.0. The second-order valence-corrected chi connectivity index (χ2v) is 11.3. The van der Waals surface area contributed by atoms with Crippen LogP contribution in [0.3, 0.4) is 0 Å². The van der Waals surface area contributed by atoms with Crippen molar-refractivity contribution in [2.45, 2.75) is 38.3 Å². The molecule has 38 heavy (non-hydrogen) atoms. The van der Waals surface area contributed by atoms with Gasteiger partial charge in [-0.15, -0.1) is 11.3 Å². The minimum absolute atomic E-state index is 0.0810. The predicted octanol–water partition coefficient (Wildman–Crippen LogP) is 4.40. The summed E-state index contributed by atoms with van der Waals surface area (Å²) >= 11 is 2.26. The van der Waals surface area contributed by atoms with Gasteiger partial charge in [0.1, 0.15) is 16.7 Å². The number of carbonyl (C=O) groups excluding carboxylic acids is 1. The van der Waals surface area contributed by atoms with E-state index in [4.69, 9.17) is 10.8 Å². The second-order valence-electron chi connectivity index (χ2n) is 9.18. The smallest absolute Gasteiger partial charge is 0.278 e. The summed E-state index contributed by atoms with van der Waals surface area (Å²) in [6, 6.07) is 5.04. The van der Waals surface area contributed by atoms with Crippen LogP contribution in [-0.4, -0.2) is 44.3 Å². The van der Waals surface area contributed by atoms with Crippen LogP contribution in [0.4, 0.5) is 8.78 Å². The van der Waals surface area contributed by atoms with E-state index >= 15 is 0 Å². The highest BCUT2D eigenvalue weighted by Crippen LogP contribution is 2.46. The summed E-state index contributed by atoms with van der Waals surface area (Å²) in [4.78, 5) is 29.7. The molecular weight excluding hydrogens is 532 g/mol. The van der Waals surface area contributed by atoms with Gasteiger partial charge in [-0.2, -0.15) is 0 Å². The van der Waals surface area contributed by atoms with Gasteiger partial charge < -0.3 is 10.0 Å². The van der Waals surface area contributed by atoms with Crippen LogP contribution < -0.4 is 10.4 Å². The summed E-state index contributed by atoms with van der Waals surface area (Å²) in [6.45, 7) is 2.21. The first-order valence-electron chi connectivity index (χ1n) is 12.0. The number of carbonyl (C=O) groups is 1. The number of thiophene rings is 1. The predicted molar refractivity (Wildman–Crippen MR) is 144 cm³/mol. The average Bonchev–Trinajstić information content (AvgIpc) is 3.36. The van der Waals surface area contributed by atoms with Crippen LogP contribution in [0.25, 0.3) is 0 Å². The van der Waals surface area contributed by atoms with E-state index in [2.05, 4.69) is 0 Å². The van der Waals surface area contributed by atoms with E-state index in [1.807, 2.05) is 23.4 Å².